The zero-order valence-corrected chi connectivity index (χ0v) is 12.6. The largest absolute Gasteiger partial charge is 0.391 e. The van der Waals surface area contributed by atoms with Gasteiger partial charge in [0.25, 0.3) is 0 Å². The minimum absolute atomic E-state index is 0.0849. The number of anilines is 1. The lowest BCUT2D eigenvalue weighted by molar-refractivity contribution is 0.103. The summed E-state index contributed by atoms with van der Waals surface area (Å²) in [5.41, 5.74) is 1.70. The molecule has 0 unspecified atom stereocenters. The summed E-state index contributed by atoms with van der Waals surface area (Å²) in [5, 5.41) is 12.3. The highest BCUT2D eigenvalue weighted by molar-refractivity contribution is 6.09. The number of ketones is 1. The second-order valence-electron chi connectivity index (χ2n) is 5.59. The standard InChI is InChI=1S/C18H18N2O3/c21-16-9-10-20(12-16)18(23)19-15-8-4-7-14(11-15)17(22)13-5-2-1-3-6-13/h1-8,11,16,21H,9-10,12H2,(H,19,23)/t16-/m0/s1. The van der Waals surface area contributed by atoms with Gasteiger partial charge in [0, 0.05) is 29.9 Å². The Morgan fingerprint density at radius 1 is 1.04 bits per heavy atom. The zero-order chi connectivity index (χ0) is 16.2. The molecule has 23 heavy (non-hydrogen) atoms. The molecule has 118 valence electrons. The number of hydrogen-bond acceptors (Lipinski definition) is 3. The molecule has 0 saturated carbocycles. The lowest BCUT2D eigenvalue weighted by atomic mass is 10.0. The van der Waals surface area contributed by atoms with Crippen LogP contribution in [-0.2, 0) is 0 Å². The van der Waals surface area contributed by atoms with Crippen LogP contribution in [0, 0.1) is 0 Å². The lowest BCUT2D eigenvalue weighted by Crippen LogP contribution is -2.33. The van der Waals surface area contributed by atoms with Gasteiger partial charge >= 0.3 is 6.03 Å². The number of amides is 2. The first-order chi connectivity index (χ1) is 11.1. The molecule has 0 aliphatic carbocycles. The Bertz CT molecular complexity index is 715. The first-order valence-corrected chi connectivity index (χ1v) is 7.57. The van der Waals surface area contributed by atoms with Crippen molar-refractivity contribution in [3.8, 4) is 0 Å². The van der Waals surface area contributed by atoms with Gasteiger partial charge in [-0.3, -0.25) is 4.79 Å². The minimum Gasteiger partial charge on any atom is -0.391 e. The number of aliphatic hydroxyl groups excluding tert-OH is 1. The van der Waals surface area contributed by atoms with Crippen molar-refractivity contribution in [1.29, 1.82) is 0 Å². The maximum absolute atomic E-state index is 12.4. The predicted molar refractivity (Wildman–Crippen MR) is 87.5 cm³/mol. The molecule has 0 radical (unpaired) electrons. The van der Waals surface area contributed by atoms with Crippen LogP contribution < -0.4 is 5.32 Å². The molecule has 5 nitrogen and oxygen atoms in total. The van der Waals surface area contributed by atoms with E-state index in [0.717, 1.165) is 0 Å². The van der Waals surface area contributed by atoms with E-state index >= 15 is 0 Å². The monoisotopic (exact) mass is 310 g/mol. The van der Waals surface area contributed by atoms with E-state index in [2.05, 4.69) is 5.32 Å². The van der Waals surface area contributed by atoms with Crippen LogP contribution in [-0.4, -0.2) is 41.0 Å². The number of rotatable bonds is 3. The Morgan fingerprint density at radius 3 is 2.48 bits per heavy atom. The van der Waals surface area contributed by atoms with Gasteiger partial charge in [-0.15, -0.1) is 0 Å². The molecule has 2 amide bonds. The second kappa shape index (κ2) is 6.62. The fourth-order valence-electron chi connectivity index (χ4n) is 2.62. The third-order valence-corrected chi connectivity index (χ3v) is 3.86. The van der Waals surface area contributed by atoms with Gasteiger partial charge in [0.15, 0.2) is 5.78 Å². The molecule has 0 aromatic heterocycles. The summed E-state index contributed by atoms with van der Waals surface area (Å²) in [6.07, 6.45) is 0.145. The summed E-state index contributed by atoms with van der Waals surface area (Å²) in [4.78, 5) is 26.1. The van der Waals surface area contributed by atoms with Crippen molar-refractivity contribution >= 4 is 17.5 Å². The molecule has 1 atom stereocenters. The molecular weight excluding hydrogens is 292 g/mol. The summed E-state index contributed by atoms with van der Waals surface area (Å²) < 4.78 is 0. The zero-order valence-electron chi connectivity index (χ0n) is 12.6. The normalized spacial score (nSPS) is 17.1. The molecule has 1 aliphatic heterocycles. The molecule has 5 heteroatoms. The highest BCUT2D eigenvalue weighted by Gasteiger charge is 2.24. The van der Waals surface area contributed by atoms with Gasteiger partial charge in [0.1, 0.15) is 0 Å². The smallest absolute Gasteiger partial charge is 0.321 e. The summed E-state index contributed by atoms with van der Waals surface area (Å²) in [5.74, 6) is -0.0849. The van der Waals surface area contributed by atoms with E-state index in [1.807, 2.05) is 18.2 Å². The number of nitrogens with one attached hydrogen (secondary N) is 1. The summed E-state index contributed by atoms with van der Waals surface area (Å²) in [6.45, 7) is 0.879. The highest BCUT2D eigenvalue weighted by Crippen LogP contribution is 2.17. The van der Waals surface area contributed by atoms with Gasteiger partial charge in [0.2, 0.25) is 0 Å². The second-order valence-corrected chi connectivity index (χ2v) is 5.59. The van der Waals surface area contributed by atoms with Crippen molar-refractivity contribution in [2.24, 2.45) is 0 Å². The van der Waals surface area contributed by atoms with E-state index in [4.69, 9.17) is 0 Å². The number of carbonyl (C=O) groups is 2. The van der Waals surface area contributed by atoms with E-state index in [9.17, 15) is 14.7 Å². The first-order valence-electron chi connectivity index (χ1n) is 7.57. The molecule has 1 fully saturated rings. The Labute approximate surface area is 134 Å². The Morgan fingerprint density at radius 2 is 1.78 bits per heavy atom. The maximum Gasteiger partial charge on any atom is 0.321 e. The van der Waals surface area contributed by atoms with E-state index < -0.39 is 6.10 Å². The molecule has 3 rings (SSSR count). The van der Waals surface area contributed by atoms with Gasteiger partial charge in [-0.1, -0.05) is 42.5 Å². The number of nitrogens with zero attached hydrogens (tertiary/aromatic N) is 1. The molecule has 1 aliphatic rings. The van der Waals surface area contributed by atoms with E-state index in [1.165, 1.54) is 0 Å². The summed E-state index contributed by atoms with van der Waals surface area (Å²) in [7, 11) is 0. The number of benzene rings is 2. The maximum atomic E-state index is 12.4. The summed E-state index contributed by atoms with van der Waals surface area (Å²) in [6, 6.07) is 15.6. The van der Waals surface area contributed by atoms with Gasteiger partial charge < -0.3 is 15.3 Å². The molecule has 2 aromatic carbocycles. The molecule has 0 bridgehead atoms. The van der Waals surface area contributed by atoms with E-state index in [1.54, 1.807) is 41.3 Å². The van der Waals surface area contributed by atoms with Crippen LogP contribution in [0.25, 0.3) is 0 Å². The highest BCUT2D eigenvalue weighted by atomic mass is 16.3. The Balaban J connectivity index is 1.73. The number of aliphatic hydroxyl groups is 1. The van der Waals surface area contributed by atoms with Gasteiger partial charge in [-0.25, -0.2) is 4.79 Å². The average molecular weight is 310 g/mol. The number of carbonyl (C=O) groups excluding carboxylic acids is 2. The number of likely N-dealkylation sites (tertiary alicyclic amines) is 1. The van der Waals surface area contributed by atoms with E-state index in [-0.39, 0.29) is 11.8 Å². The van der Waals surface area contributed by atoms with Crippen LogP contribution in [0.3, 0.4) is 0 Å². The first kappa shape index (κ1) is 15.2. The number of β-amino-alcohol motifs (C(OH)–C–C–N with tert-alkyl or cyclic N) is 1. The molecule has 1 saturated heterocycles. The van der Waals surface area contributed by atoms with Crippen molar-refractivity contribution in [2.75, 3.05) is 18.4 Å². The Kier molecular flexibility index (Phi) is 4.39. The fourth-order valence-corrected chi connectivity index (χ4v) is 2.62. The topological polar surface area (TPSA) is 69.6 Å². The third-order valence-electron chi connectivity index (χ3n) is 3.86. The number of hydrogen-bond donors (Lipinski definition) is 2. The third kappa shape index (κ3) is 3.57. The Hall–Kier alpha value is -2.66. The van der Waals surface area contributed by atoms with Crippen LogP contribution in [0.15, 0.2) is 54.6 Å². The van der Waals surface area contributed by atoms with Gasteiger partial charge in [-0.2, -0.15) is 0 Å². The van der Waals surface area contributed by atoms with Crippen LogP contribution in [0.4, 0.5) is 10.5 Å². The molecule has 0 spiro atoms. The van der Waals surface area contributed by atoms with Crippen LogP contribution in [0.1, 0.15) is 22.3 Å². The fraction of sp³-hybridized carbons (Fsp3) is 0.222. The molecule has 2 N–H and O–H groups in total. The van der Waals surface area contributed by atoms with Crippen molar-refractivity contribution in [2.45, 2.75) is 12.5 Å². The van der Waals surface area contributed by atoms with Gasteiger partial charge in [-0.05, 0) is 18.6 Å². The predicted octanol–water partition coefficient (Wildman–Crippen LogP) is 2.52. The quantitative estimate of drug-likeness (QED) is 0.856. The molecular formula is C18H18N2O3. The molecule has 1 heterocycles. The van der Waals surface area contributed by atoms with Crippen molar-refractivity contribution in [1.82, 2.24) is 4.90 Å². The van der Waals surface area contributed by atoms with Crippen molar-refractivity contribution < 1.29 is 14.7 Å². The summed E-state index contributed by atoms with van der Waals surface area (Å²) >= 11 is 0. The van der Waals surface area contributed by atoms with Crippen molar-refractivity contribution in [3.05, 3.63) is 65.7 Å². The lowest BCUT2D eigenvalue weighted by Gasteiger charge is -2.16. The van der Waals surface area contributed by atoms with Crippen LogP contribution in [0.5, 0.6) is 0 Å². The van der Waals surface area contributed by atoms with Crippen molar-refractivity contribution in [3.63, 3.8) is 0 Å². The molecule has 2 aromatic rings. The van der Waals surface area contributed by atoms with Crippen LogP contribution in [0.2, 0.25) is 0 Å². The number of urea groups is 1. The van der Waals surface area contributed by atoms with Crippen LogP contribution >= 0.6 is 0 Å². The average Bonchev–Trinajstić information content (AvgIpc) is 3.02. The van der Waals surface area contributed by atoms with Gasteiger partial charge in [0.05, 0.1) is 6.10 Å². The van der Waals surface area contributed by atoms with E-state index in [0.29, 0.717) is 36.3 Å². The minimum atomic E-state index is -0.452. The SMILES string of the molecule is O=C(c1ccccc1)c1cccc(NC(=O)N2CC[C@H](O)C2)c1.